The second-order valence-electron chi connectivity index (χ2n) is 3.28. The molecule has 0 aliphatic rings. The number of ether oxygens (including phenoxy) is 1. The van der Waals surface area contributed by atoms with Gasteiger partial charge in [0.2, 0.25) is 0 Å². The van der Waals surface area contributed by atoms with Crippen molar-refractivity contribution in [1.29, 1.82) is 0 Å². The first kappa shape index (κ1) is 11.3. The fourth-order valence-corrected chi connectivity index (χ4v) is 1.30. The van der Waals surface area contributed by atoms with Crippen molar-refractivity contribution in [2.75, 3.05) is 6.61 Å². The monoisotopic (exact) mass is 202 g/mol. The smallest absolute Gasteiger partial charge is 0.317 e. The van der Waals surface area contributed by atoms with Gasteiger partial charge in [-0.25, -0.2) is 0 Å². The molecule has 0 aliphatic heterocycles. The molecule has 0 N–H and O–H groups in total. The lowest BCUT2D eigenvalue weighted by Crippen LogP contribution is -2.07. The van der Waals surface area contributed by atoms with E-state index in [2.05, 4.69) is 5.92 Å². The second-order valence-corrected chi connectivity index (χ2v) is 3.28. The van der Waals surface area contributed by atoms with Gasteiger partial charge in [-0.15, -0.1) is 6.42 Å². The fourth-order valence-electron chi connectivity index (χ4n) is 1.30. The molecule has 1 rings (SSSR count). The molecule has 0 aromatic heterocycles. The van der Waals surface area contributed by atoms with E-state index in [1.807, 2.05) is 31.2 Å². The summed E-state index contributed by atoms with van der Waals surface area (Å²) in [6, 6.07) is 8.04. The highest BCUT2D eigenvalue weighted by molar-refractivity contribution is 5.72. The van der Waals surface area contributed by atoms with Crippen molar-refractivity contribution in [1.82, 2.24) is 0 Å². The van der Waals surface area contributed by atoms with Crippen LogP contribution in [0.1, 0.15) is 17.5 Å². The maximum absolute atomic E-state index is 11.0. The Morgan fingerprint density at radius 3 is 2.87 bits per heavy atom. The standard InChI is InChI=1S/C13H14O2/c1-3-6-13(14)15-10-9-12-8-5-4-7-11(12)2/h1,4-5,7-8H,6,9-10H2,2H3. The van der Waals surface area contributed by atoms with E-state index in [9.17, 15) is 4.79 Å². The average Bonchev–Trinajstić information content (AvgIpc) is 2.21. The molecule has 0 heterocycles. The summed E-state index contributed by atoms with van der Waals surface area (Å²) in [6.07, 6.45) is 5.77. The van der Waals surface area contributed by atoms with Crippen LogP contribution in [0.4, 0.5) is 0 Å². The summed E-state index contributed by atoms with van der Waals surface area (Å²) < 4.78 is 4.96. The summed E-state index contributed by atoms with van der Waals surface area (Å²) >= 11 is 0. The Bertz CT molecular complexity index is 374. The first-order valence-corrected chi connectivity index (χ1v) is 4.87. The Kier molecular flexibility index (Phi) is 4.43. The zero-order chi connectivity index (χ0) is 11.1. The molecule has 1 aromatic carbocycles. The lowest BCUT2D eigenvalue weighted by Gasteiger charge is -2.05. The number of carbonyl (C=O) groups excluding carboxylic acids is 1. The van der Waals surface area contributed by atoms with Crippen LogP contribution in [0.2, 0.25) is 0 Å². The van der Waals surface area contributed by atoms with E-state index in [4.69, 9.17) is 11.2 Å². The number of hydrogen-bond donors (Lipinski definition) is 0. The summed E-state index contributed by atoms with van der Waals surface area (Å²) in [7, 11) is 0. The number of carbonyl (C=O) groups is 1. The Labute approximate surface area is 90.3 Å². The number of rotatable bonds is 4. The third kappa shape index (κ3) is 3.86. The highest BCUT2D eigenvalue weighted by Crippen LogP contribution is 2.07. The van der Waals surface area contributed by atoms with Gasteiger partial charge in [-0.2, -0.15) is 0 Å². The molecule has 2 heteroatoms. The van der Waals surface area contributed by atoms with Crippen molar-refractivity contribution >= 4 is 5.97 Å². The van der Waals surface area contributed by atoms with Gasteiger partial charge in [0.25, 0.3) is 0 Å². The highest BCUT2D eigenvalue weighted by Gasteiger charge is 2.01. The molecule has 0 bridgehead atoms. The van der Waals surface area contributed by atoms with E-state index >= 15 is 0 Å². The minimum atomic E-state index is -0.328. The quantitative estimate of drug-likeness (QED) is 0.552. The lowest BCUT2D eigenvalue weighted by molar-refractivity contribution is -0.142. The lowest BCUT2D eigenvalue weighted by atomic mass is 10.1. The molecule has 0 atom stereocenters. The number of benzene rings is 1. The molecule has 0 saturated heterocycles. The van der Waals surface area contributed by atoms with Gasteiger partial charge in [-0.1, -0.05) is 30.2 Å². The third-order valence-corrected chi connectivity index (χ3v) is 2.14. The van der Waals surface area contributed by atoms with Crippen LogP contribution in [0.25, 0.3) is 0 Å². The van der Waals surface area contributed by atoms with Gasteiger partial charge in [0, 0.05) is 6.42 Å². The fraction of sp³-hybridized carbons (Fsp3) is 0.308. The topological polar surface area (TPSA) is 26.3 Å². The number of esters is 1. The van der Waals surface area contributed by atoms with Crippen LogP contribution in [0.5, 0.6) is 0 Å². The Balaban J connectivity index is 2.36. The maximum atomic E-state index is 11.0. The SMILES string of the molecule is C#CCC(=O)OCCc1ccccc1C. The van der Waals surface area contributed by atoms with Gasteiger partial charge in [-0.3, -0.25) is 4.79 Å². The second kappa shape index (κ2) is 5.87. The van der Waals surface area contributed by atoms with Gasteiger partial charge in [-0.05, 0) is 18.1 Å². The first-order chi connectivity index (χ1) is 7.24. The van der Waals surface area contributed by atoms with Gasteiger partial charge >= 0.3 is 5.97 Å². The molecule has 0 amide bonds. The molecule has 2 nitrogen and oxygen atoms in total. The molecule has 0 aliphatic carbocycles. The van der Waals surface area contributed by atoms with Crippen LogP contribution in [-0.2, 0) is 16.0 Å². The van der Waals surface area contributed by atoms with Crippen molar-refractivity contribution in [2.24, 2.45) is 0 Å². The van der Waals surface area contributed by atoms with Crippen LogP contribution < -0.4 is 0 Å². The molecule has 0 unspecified atom stereocenters. The van der Waals surface area contributed by atoms with Gasteiger partial charge < -0.3 is 4.74 Å². The predicted molar refractivity (Wildman–Crippen MR) is 59.3 cm³/mol. The predicted octanol–water partition coefficient (Wildman–Crippen LogP) is 2.10. The van der Waals surface area contributed by atoms with Crippen molar-refractivity contribution < 1.29 is 9.53 Å². The first-order valence-electron chi connectivity index (χ1n) is 4.87. The van der Waals surface area contributed by atoms with E-state index < -0.39 is 0 Å². The zero-order valence-electron chi connectivity index (χ0n) is 8.82. The summed E-state index contributed by atoms with van der Waals surface area (Å²) in [5.41, 5.74) is 2.41. The van der Waals surface area contributed by atoms with Crippen LogP contribution >= 0.6 is 0 Å². The van der Waals surface area contributed by atoms with Crippen molar-refractivity contribution in [3.05, 3.63) is 35.4 Å². The molecule has 0 spiro atoms. The Morgan fingerprint density at radius 2 is 2.20 bits per heavy atom. The Morgan fingerprint density at radius 1 is 1.47 bits per heavy atom. The minimum Gasteiger partial charge on any atom is -0.465 e. The maximum Gasteiger partial charge on any atom is 0.317 e. The summed E-state index contributed by atoms with van der Waals surface area (Å²) in [5.74, 6) is 1.93. The minimum absolute atomic E-state index is 0.0494. The molecule has 0 fully saturated rings. The van der Waals surface area contributed by atoms with E-state index in [1.54, 1.807) is 0 Å². The van der Waals surface area contributed by atoms with Gasteiger partial charge in [0.15, 0.2) is 0 Å². The average molecular weight is 202 g/mol. The van der Waals surface area contributed by atoms with Crippen molar-refractivity contribution in [2.45, 2.75) is 19.8 Å². The Hall–Kier alpha value is -1.75. The van der Waals surface area contributed by atoms with Crippen molar-refractivity contribution in [3.8, 4) is 12.3 Å². The van der Waals surface area contributed by atoms with E-state index in [0.29, 0.717) is 6.61 Å². The van der Waals surface area contributed by atoms with E-state index in [-0.39, 0.29) is 12.4 Å². The number of hydrogen-bond acceptors (Lipinski definition) is 2. The molecule has 0 saturated carbocycles. The molecule has 15 heavy (non-hydrogen) atoms. The third-order valence-electron chi connectivity index (χ3n) is 2.14. The van der Waals surface area contributed by atoms with E-state index in [0.717, 1.165) is 6.42 Å². The number of aryl methyl sites for hydroxylation is 1. The van der Waals surface area contributed by atoms with E-state index in [1.165, 1.54) is 11.1 Å². The molecule has 1 aromatic rings. The zero-order valence-corrected chi connectivity index (χ0v) is 8.82. The van der Waals surface area contributed by atoms with Crippen LogP contribution in [0.15, 0.2) is 24.3 Å². The van der Waals surface area contributed by atoms with Crippen LogP contribution in [-0.4, -0.2) is 12.6 Å². The molecule has 0 radical (unpaired) electrons. The summed E-state index contributed by atoms with van der Waals surface area (Å²) in [4.78, 5) is 11.0. The van der Waals surface area contributed by atoms with Crippen LogP contribution in [0.3, 0.4) is 0 Å². The van der Waals surface area contributed by atoms with Gasteiger partial charge in [0.1, 0.15) is 6.42 Å². The van der Waals surface area contributed by atoms with Crippen LogP contribution in [0, 0.1) is 19.3 Å². The van der Waals surface area contributed by atoms with Gasteiger partial charge in [0.05, 0.1) is 6.61 Å². The molecule has 78 valence electrons. The molecular weight excluding hydrogens is 188 g/mol. The number of terminal acetylenes is 1. The highest BCUT2D eigenvalue weighted by atomic mass is 16.5. The summed E-state index contributed by atoms with van der Waals surface area (Å²) in [5, 5.41) is 0. The largest absolute Gasteiger partial charge is 0.465 e. The van der Waals surface area contributed by atoms with Crippen molar-refractivity contribution in [3.63, 3.8) is 0 Å². The summed E-state index contributed by atoms with van der Waals surface area (Å²) in [6.45, 7) is 2.43. The molecular formula is C13H14O2. The normalized spacial score (nSPS) is 9.33.